The number of ketones is 1. The minimum absolute atomic E-state index is 0.0270. The monoisotopic (exact) mass is 505 g/mol. The molecule has 7 heteroatoms. The summed E-state index contributed by atoms with van der Waals surface area (Å²) in [5.41, 5.74) is 3.55. The first-order valence-electron chi connectivity index (χ1n) is 11.3. The van der Waals surface area contributed by atoms with Crippen LogP contribution in [0.15, 0.2) is 84.1 Å². The average molecular weight is 506 g/mol. The molecular weight excluding hydrogens is 485 g/mol. The number of halogens is 2. The molecule has 0 spiro atoms. The number of carboxylic acids is 1. The minimum atomic E-state index is -1.05. The van der Waals surface area contributed by atoms with E-state index in [1.54, 1.807) is 29.2 Å². The fourth-order valence-corrected chi connectivity index (χ4v) is 5.54. The zero-order valence-electron chi connectivity index (χ0n) is 18.6. The molecule has 5 nitrogen and oxygen atoms in total. The number of carbonyl (C=O) groups is 3. The molecule has 3 aromatic rings. The van der Waals surface area contributed by atoms with Gasteiger partial charge in [-0.1, -0.05) is 65.7 Å². The number of rotatable bonds is 4. The first-order chi connectivity index (χ1) is 16.8. The maximum atomic E-state index is 13.7. The van der Waals surface area contributed by atoms with Crippen molar-refractivity contribution in [3.63, 3.8) is 0 Å². The first-order valence-corrected chi connectivity index (χ1v) is 12.0. The molecule has 0 saturated carbocycles. The van der Waals surface area contributed by atoms with E-state index in [9.17, 15) is 19.5 Å². The number of aromatic carboxylic acids is 1. The van der Waals surface area contributed by atoms with Crippen molar-refractivity contribution in [2.45, 2.75) is 31.1 Å². The van der Waals surface area contributed by atoms with Gasteiger partial charge in [-0.25, -0.2) is 4.79 Å². The number of hydrogen-bond donors (Lipinski definition) is 1. The predicted molar refractivity (Wildman–Crippen MR) is 135 cm³/mol. The second kappa shape index (κ2) is 9.33. The predicted octanol–water partition coefficient (Wildman–Crippen LogP) is 6.61. The van der Waals surface area contributed by atoms with Crippen molar-refractivity contribution >= 4 is 46.5 Å². The highest BCUT2D eigenvalue weighted by Crippen LogP contribution is 2.48. The third kappa shape index (κ3) is 4.26. The molecule has 0 fully saturated rings. The topological polar surface area (TPSA) is 74.7 Å². The normalized spacial score (nSPS) is 20.1. The maximum Gasteiger partial charge on any atom is 0.335 e. The molecule has 1 aliphatic carbocycles. The molecule has 0 bridgehead atoms. The average Bonchev–Trinajstić information content (AvgIpc) is 2.85. The van der Waals surface area contributed by atoms with Crippen LogP contribution in [0.2, 0.25) is 10.0 Å². The number of Topliss-reactive ketones (excluding diaryl/α,β-unsaturated/α-hetero) is 1. The molecule has 1 heterocycles. The third-order valence-electron chi connectivity index (χ3n) is 6.73. The maximum absolute atomic E-state index is 13.7. The second-order valence-corrected chi connectivity index (χ2v) is 9.57. The van der Waals surface area contributed by atoms with Crippen molar-refractivity contribution in [1.82, 2.24) is 0 Å². The minimum Gasteiger partial charge on any atom is -0.478 e. The third-order valence-corrected chi connectivity index (χ3v) is 7.56. The van der Waals surface area contributed by atoms with Gasteiger partial charge in [0.15, 0.2) is 5.78 Å². The van der Waals surface area contributed by atoms with E-state index in [-0.39, 0.29) is 29.6 Å². The standard InChI is InChI=1S/C28H21Cl2NO4/c29-22-8-4-7-20(27(22)30)21-15-25(33)31(19-11-9-17(10-12-19)28(34)35)23-13-18(14-24(32)26(21)23)16-5-2-1-3-6-16/h1-12,18,21H,13-15H2,(H,34,35). The summed E-state index contributed by atoms with van der Waals surface area (Å²) in [6.07, 6.45) is 0.880. The van der Waals surface area contributed by atoms with Gasteiger partial charge < -0.3 is 5.11 Å². The Hall–Kier alpha value is -3.41. The Morgan fingerprint density at radius 2 is 1.57 bits per heavy atom. The van der Waals surface area contributed by atoms with E-state index in [0.29, 0.717) is 45.4 Å². The lowest BCUT2D eigenvalue weighted by molar-refractivity contribution is -0.120. The van der Waals surface area contributed by atoms with Crippen LogP contribution in [0.5, 0.6) is 0 Å². The molecular formula is C28H21Cl2NO4. The van der Waals surface area contributed by atoms with Gasteiger partial charge >= 0.3 is 5.97 Å². The van der Waals surface area contributed by atoms with Crippen molar-refractivity contribution in [3.8, 4) is 0 Å². The molecule has 1 aliphatic heterocycles. The van der Waals surface area contributed by atoms with Crippen molar-refractivity contribution in [2.75, 3.05) is 4.90 Å². The molecule has 0 aromatic heterocycles. The van der Waals surface area contributed by atoms with Crippen LogP contribution in [-0.2, 0) is 9.59 Å². The Balaban J connectivity index is 1.66. The number of allylic oxidation sites excluding steroid dienone is 2. The van der Waals surface area contributed by atoms with Crippen LogP contribution in [0.1, 0.15) is 52.6 Å². The number of carbonyl (C=O) groups excluding carboxylic acids is 2. The van der Waals surface area contributed by atoms with E-state index in [0.717, 1.165) is 5.56 Å². The quantitative estimate of drug-likeness (QED) is 0.432. The van der Waals surface area contributed by atoms with E-state index in [1.165, 1.54) is 12.1 Å². The van der Waals surface area contributed by atoms with Gasteiger partial charge in [0.25, 0.3) is 0 Å². The highest BCUT2D eigenvalue weighted by Gasteiger charge is 2.43. The molecule has 1 N–H and O–H groups in total. The summed E-state index contributed by atoms with van der Waals surface area (Å²) in [6, 6.07) is 21.2. The summed E-state index contributed by atoms with van der Waals surface area (Å²) in [5, 5.41) is 9.99. The van der Waals surface area contributed by atoms with Crippen LogP contribution in [-0.4, -0.2) is 22.8 Å². The lowest BCUT2D eigenvalue weighted by atomic mass is 9.72. The van der Waals surface area contributed by atoms with Crippen LogP contribution in [0.25, 0.3) is 0 Å². The van der Waals surface area contributed by atoms with Crippen LogP contribution in [0, 0.1) is 0 Å². The highest BCUT2D eigenvalue weighted by atomic mass is 35.5. The van der Waals surface area contributed by atoms with Crippen LogP contribution < -0.4 is 4.90 Å². The molecule has 2 unspecified atom stereocenters. The van der Waals surface area contributed by atoms with Crippen LogP contribution >= 0.6 is 23.2 Å². The number of hydrogen-bond acceptors (Lipinski definition) is 3. The molecule has 35 heavy (non-hydrogen) atoms. The fourth-order valence-electron chi connectivity index (χ4n) is 5.10. The Morgan fingerprint density at radius 1 is 0.857 bits per heavy atom. The van der Waals surface area contributed by atoms with Gasteiger partial charge in [-0.15, -0.1) is 0 Å². The van der Waals surface area contributed by atoms with E-state index in [1.807, 2.05) is 36.4 Å². The molecule has 0 saturated heterocycles. The lowest BCUT2D eigenvalue weighted by Crippen LogP contribution is -2.41. The van der Waals surface area contributed by atoms with E-state index in [4.69, 9.17) is 23.2 Å². The summed E-state index contributed by atoms with van der Waals surface area (Å²) >= 11 is 12.8. The Kier molecular flexibility index (Phi) is 6.22. The van der Waals surface area contributed by atoms with Crippen LogP contribution in [0.4, 0.5) is 5.69 Å². The number of benzene rings is 3. The first kappa shape index (κ1) is 23.3. The molecule has 176 valence electrons. The van der Waals surface area contributed by atoms with Gasteiger partial charge in [-0.05, 0) is 53.8 Å². The van der Waals surface area contributed by atoms with Gasteiger partial charge in [-0.2, -0.15) is 0 Å². The molecule has 2 atom stereocenters. The summed E-state index contributed by atoms with van der Waals surface area (Å²) in [6.45, 7) is 0. The molecule has 5 rings (SSSR count). The fraction of sp³-hybridized carbons (Fsp3) is 0.179. The Morgan fingerprint density at radius 3 is 2.26 bits per heavy atom. The van der Waals surface area contributed by atoms with Gasteiger partial charge in [-0.3, -0.25) is 14.5 Å². The van der Waals surface area contributed by atoms with Gasteiger partial charge in [0.1, 0.15) is 0 Å². The molecule has 3 aromatic carbocycles. The number of nitrogens with zero attached hydrogens (tertiary/aromatic N) is 1. The van der Waals surface area contributed by atoms with E-state index in [2.05, 4.69) is 0 Å². The van der Waals surface area contributed by atoms with E-state index < -0.39 is 11.9 Å². The van der Waals surface area contributed by atoms with Crippen LogP contribution in [0.3, 0.4) is 0 Å². The molecule has 1 amide bonds. The zero-order valence-corrected chi connectivity index (χ0v) is 20.1. The zero-order chi connectivity index (χ0) is 24.7. The smallest absolute Gasteiger partial charge is 0.335 e. The number of carboxylic acid groups (broad SMARTS) is 1. The summed E-state index contributed by atoms with van der Waals surface area (Å²) < 4.78 is 0. The Labute approximate surface area is 212 Å². The van der Waals surface area contributed by atoms with Crippen molar-refractivity contribution in [1.29, 1.82) is 0 Å². The van der Waals surface area contributed by atoms with Crippen molar-refractivity contribution < 1.29 is 19.5 Å². The summed E-state index contributed by atoms with van der Waals surface area (Å²) in [7, 11) is 0. The van der Waals surface area contributed by atoms with Gasteiger partial charge in [0.05, 0.1) is 15.6 Å². The van der Waals surface area contributed by atoms with Gasteiger partial charge in [0.2, 0.25) is 5.91 Å². The summed E-state index contributed by atoms with van der Waals surface area (Å²) in [5.74, 6) is -1.84. The molecule has 0 radical (unpaired) electrons. The lowest BCUT2D eigenvalue weighted by Gasteiger charge is -2.40. The van der Waals surface area contributed by atoms with Crippen molar-refractivity contribution in [3.05, 3.63) is 111 Å². The SMILES string of the molecule is O=C1CC(c2ccccc2)CC2=C1C(c1cccc(Cl)c1Cl)CC(=O)N2c1ccc(C(=O)O)cc1. The number of anilines is 1. The van der Waals surface area contributed by atoms with Crippen molar-refractivity contribution in [2.24, 2.45) is 0 Å². The second-order valence-electron chi connectivity index (χ2n) is 8.78. The number of amides is 1. The van der Waals surface area contributed by atoms with E-state index >= 15 is 0 Å². The Bertz CT molecular complexity index is 1370. The largest absolute Gasteiger partial charge is 0.478 e. The molecule has 2 aliphatic rings. The van der Waals surface area contributed by atoms with Gasteiger partial charge in [0, 0.05) is 35.7 Å². The summed E-state index contributed by atoms with van der Waals surface area (Å²) in [4.78, 5) is 40.2. The highest BCUT2D eigenvalue weighted by molar-refractivity contribution is 6.42.